The van der Waals surface area contributed by atoms with E-state index < -0.39 is 0 Å². The first-order valence-electron chi connectivity index (χ1n) is 6.16. The van der Waals surface area contributed by atoms with Crippen LogP contribution in [0.5, 0.6) is 17.2 Å². The molecule has 0 fully saturated rings. The number of carbonyl (C=O) groups excluding carboxylic acids is 1. The van der Waals surface area contributed by atoms with Crippen molar-refractivity contribution >= 4 is 39.9 Å². The maximum atomic E-state index is 11.5. The lowest BCUT2D eigenvalue weighted by molar-refractivity contribution is -0.114. The number of amides is 1. The number of carbonyl (C=O) groups is 1. The zero-order chi connectivity index (χ0) is 16.4. The molecule has 0 aliphatic heterocycles. The van der Waals surface area contributed by atoms with Gasteiger partial charge in [0.15, 0.2) is 11.5 Å². The molecule has 3 N–H and O–H groups in total. The number of hydrogen-bond donors (Lipinski definition) is 2. The summed E-state index contributed by atoms with van der Waals surface area (Å²) in [5, 5.41) is 2.95. The van der Waals surface area contributed by atoms with Crippen LogP contribution in [0.15, 0.2) is 0 Å². The lowest BCUT2D eigenvalue weighted by Crippen LogP contribution is -2.11. The molecule has 22 heavy (non-hydrogen) atoms. The number of halogens is 1. The zero-order valence-electron chi connectivity index (χ0n) is 12.5. The predicted molar refractivity (Wildman–Crippen MR) is 82.9 cm³/mol. The molecule has 1 heterocycles. The zero-order valence-corrected chi connectivity index (χ0v) is 13.2. The number of ether oxygens (including phenoxy) is 3. The van der Waals surface area contributed by atoms with Crippen molar-refractivity contribution in [2.24, 2.45) is 0 Å². The molecule has 0 bridgehead atoms. The second-order valence-corrected chi connectivity index (χ2v) is 4.60. The first-order chi connectivity index (χ1) is 10.4. The molecule has 2 rings (SSSR count). The smallest absolute Gasteiger partial charge is 0.224 e. The van der Waals surface area contributed by atoms with Gasteiger partial charge in [0.05, 0.1) is 26.7 Å². The van der Waals surface area contributed by atoms with Crippen LogP contribution in [0, 0.1) is 0 Å². The lowest BCUT2D eigenvalue weighted by Gasteiger charge is -2.19. The molecular formula is C13H15ClN4O4. The highest BCUT2D eigenvalue weighted by molar-refractivity contribution is 6.29. The van der Waals surface area contributed by atoms with Crippen molar-refractivity contribution in [1.29, 1.82) is 0 Å². The molecule has 1 amide bonds. The van der Waals surface area contributed by atoms with E-state index in [1.165, 1.54) is 28.3 Å². The second kappa shape index (κ2) is 6.10. The van der Waals surface area contributed by atoms with E-state index in [1.807, 2.05) is 0 Å². The average Bonchev–Trinajstić information content (AvgIpc) is 2.46. The van der Waals surface area contributed by atoms with Crippen LogP contribution < -0.4 is 25.3 Å². The summed E-state index contributed by atoms with van der Waals surface area (Å²) >= 11 is 5.87. The number of nitrogen functional groups attached to an aromatic ring is 1. The number of rotatable bonds is 4. The van der Waals surface area contributed by atoms with E-state index in [9.17, 15) is 4.79 Å². The van der Waals surface area contributed by atoms with Crippen LogP contribution in [-0.4, -0.2) is 37.2 Å². The number of nitrogens with two attached hydrogens (primary N) is 1. The van der Waals surface area contributed by atoms with Gasteiger partial charge in [-0.1, -0.05) is 0 Å². The second-order valence-electron chi connectivity index (χ2n) is 4.26. The first-order valence-corrected chi connectivity index (χ1v) is 6.54. The van der Waals surface area contributed by atoms with E-state index in [1.54, 1.807) is 0 Å². The summed E-state index contributed by atoms with van der Waals surface area (Å²) in [5.74, 6) is 0.576. The van der Waals surface area contributed by atoms with Crippen molar-refractivity contribution in [2.45, 2.75) is 6.92 Å². The quantitative estimate of drug-likeness (QED) is 0.825. The number of anilines is 2. The third-order valence-corrected chi connectivity index (χ3v) is 3.10. The van der Waals surface area contributed by atoms with Gasteiger partial charge in [-0.2, -0.15) is 0 Å². The standard InChI is InChI=1S/C13H15ClN4O4/c1-5(19)16-8-7-6(12(15)18-13(14)17-7)9(20-2)11(22-4)10(8)21-3/h1-4H3,(H,16,19)(H2,15,17,18). The average molecular weight is 327 g/mol. The Morgan fingerprint density at radius 2 is 1.68 bits per heavy atom. The van der Waals surface area contributed by atoms with Gasteiger partial charge >= 0.3 is 0 Å². The summed E-state index contributed by atoms with van der Waals surface area (Å²) in [7, 11) is 4.32. The van der Waals surface area contributed by atoms with E-state index in [-0.39, 0.29) is 39.9 Å². The highest BCUT2D eigenvalue weighted by Gasteiger charge is 2.26. The molecule has 0 aliphatic rings. The van der Waals surface area contributed by atoms with E-state index in [0.29, 0.717) is 10.9 Å². The molecule has 0 radical (unpaired) electrons. The number of methoxy groups -OCH3 is 3. The lowest BCUT2D eigenvalue weighted by atomic mass is 10.1. The number of hydrogen-bond acceptors (Lipinski definition) is 7. The fourth-order valence-electron chi connectivity index (χ4n) is 2.16. The molecular weight excluding hydrogens is 312 g/mol. The minimum atomic E-state index is -0.319. The third kappa shape index (κ3) is 2.52. The van der Waals surface area contributed by atoms with E-state index in [2.05, 4.69) is 15.3 Å². The minimum absolute atomic E-state index is 0.0640. The van der Waals surface area contributed by atoms with Gasteiger partial charge < -0.3 is 25.3 Å². The monoisotopic (exact) mass is 326 g/mol. The number of fused-ring (bicyclic) bond motifs is 1. The summed E-state index contributed by atoms with van der Waals surface area (Å²) in [6.07, 6.45) is 0. The summed E-state index contributed by atoms with van der Waals surface area (Å²) < 4.78 is 16.0. The molecule has 9 heteroatoms. The van der Waals surface area contributed by atoms with Gasteiger partial charge in [-0.15, -0.1) is 0 Å². The van der Waals surface area contributed by atoms with E-state index in [0.717, 1.165) is 0 Å². The Morgan fingerprint density at radius 3 is 2.18 bits per heavy atom. The Balaban J connectivity index is 3.03. The summed E-state index contributed by atoms with van der Waals surface area (Å²) in [5.41, 5.74) is 6.49. The number of nitrogens with zero attached hydrogens (tertiary/aromatic N) is 2. The number of nitrogens with one attached hydrogen (secondary N) is 1. The van der Waals surface area contributed by atoms with Crippen molar-refractivity contribution in [1.82, 2.24) is 9.97 Å². The summed E-state index contributed by atoms with van der Waals surface area (Å²) in [6, 6.07) is 0. The Hall–Kier alpha value is -2.48. The van der Waals surface area contributed by atoms with Gasteiger partial charge in [-0.3, -0.25) is 4.79 Å². The van der Waals surface area contributed by atoms with Crippen LogP contribution in [0.2, 0.25) is 5.28 Å². The maximum Gasteiger partial charge on any atom is 0.224 e. The van der Waals surface area contributed by atoms with Gasteiger partial charge in [-0.05, 0) is 11.6 Å². The molecule has 0 unspecified atom stereocenters. The Morgan fingerprint density at radius 1 is 1.09 bits per heavy atom. The number of aromatic nitrogens is 2. The molecule has 1 aromatic carbocycles. The van der Waals surface area contributed by atoms with Crippen molar-refractivity contribution in [3.05, 3.63) is 5.28 Å². The molecule has 8 nitrogen and oxygen atoms in total. The van der Waals surface area contributed by atoms with Crippen LogP contribution in [-0.2, 0) is 4.79 Å². The van der Waals surface area contributed by atoms with Crippen LogP contribution >= 0.6 is 11.6 Å². The molecule has 0 spiro atoms. The largest absolute Gasteiger partial charge is 0.492 e. The van der Waals surface area contributed by atoms with Crippen molar-refractivity contribution in [3.8, 4) is 17.2 Å². The number of benzene rings is 1. The van der Waals surface area contributed by atoms with Crippen molar-refractivity contribution in [2.75, 3.05) is 32.4 Å². The summed E-state index contributed by atoms with van der Waals surface area (Å²) in [6.45, 7) is 1.36. The highest BCUT2D eigenvalue weighted by Crippen LogP contribution is 2.50. The topological polar surface area (TPSA) is 109 Å². The van der Waals surface area contributed by atoms with Crippen LogP contribution in [0.1, 0.15) is 6.92 Å². The Bertz CT molecular complexity index is 751. The highest BCUT2D eigenvalue weighted by atomic mass is 35.5. The Kier molecular flexibility index (Phi) is 4.41. The van der Waals surface area contributed by atoms with Crippen molar-refractivity contribution in [3.63, 3.8) is 0 Å². The SMILES string of the molecule is COc1c(OC)c(OC)c2c(N)nc(Cl)nc2c1NC(C)=O. The predicted octanol–water partition coefficient (Wildman–Crippen LogP) is 1.85. The molecule has 1 aromatic heterocycles. The molecule has 0 aliphatic carbocycles. The van der Waals surface area contributed by atoms with Gasteiger partial charge in [0, 0.05) is 6.92 Å². The van der Waals surface area contributed by atoms with Crippen LogP contribution in [0.4, 0.5) is 11.5 Å². The van der Waals surface area contributed by atoms with Gasteiger partial charge in [0.25, 0.3) is 0 Å². The maximum absolute atomic E-state index is 11.5. The molecule has 0 atom stereocenters. The molecule has 2 aromatic rings. The van der Waals surface area contributed by atoms with Gasteiger partial charge in [0.1, 0.15) is 17.0 Å². The minimum Gasteiger partial charge on any atom is -0.492 e. The normalized spacial score (nSPS) is 10.4. The fourth-order valence-corrected chi connectivity index (χ4v) is 2.33. The van der Waals surface area contributed by atoms with Gasteiger partial charge in [-0.25, -0.2) is 9.97 Å². The fraction of sp³-hybridized carbons (Fsp3) is 0.308. The van der Waals surface area contributed by atoms with E-state index in [4.69, 9.17) is 31.5 Å². The van der Waals surface area contributed by atoms with E-state index >= 15 is 0 Å². The van der Waals surface area contributed by atoms with Crippen LogP contribution in [0.25, 0.3) is 10.9 Å². The molecule has 0 saturated carbocycles. The Labute approximate surface area is 131 Å². The molecule has 0 saturated heterocycles. The van der Waals surface area contributed by atoms with Crippen LogP contribution in [0.3, 0.4) is 0 Å². The van der Waals surface area contributed by atoms with Crippen molar-refractivity contribution < 1.29 is 19.0 Å². The van der Waals surface area contributed by atoms with Gasteiger partial charge in [0.2, 0.25) is 16.9 Å². The summed E-state index contributed by atoms with van der Waals surface area (Å²) in [4.78, 5) is 19.5. The molecule has 118 valence electrons. The first kappa shape index (κ1) is 15.9. The third-order valence-electron chi connectivity index (χ3n) is 2.93.